The fourth-order valence-corrected chi connectivity index (χ4v) is 3.34. The zero-order valence-electron chi connectivity index (χ0n) is 14.4. The van der Waals surface area contributed by atoms with Crippen molar-refractivity contribution in [3.05, 3.63) is 92.4 Å². The second-order valence-electron chi connectivity index (χ2n) is 6.13. The van der Waals surface area contributed by atoms with Gasteiger partial charge in [0.25, 0.3) is 11.5 Å². The van der Waals surface area contributed by atoms with E-state index in [-0.39, 0.29) is 11.5 Å². The molecule has 28 heavy (non-hydrogen) atoms. The lowest BCUT2D eigenvalue weighted by molar-refractivity contribution is 0.102. The number of hydrogen-bond donors (Lipinski definition) is 2. The second-order valence-corrected chi connectivity index (χ2v) is 7.45. The first-order chi connectivity index (χ1) is 13.5. The highest BCUT2D eigenvalue weighted by molar-refractivity contribution is 9.10. The Labute approximate surface area is 173 Å². The molecule has 138 valence electrons. The van der Waals surface area contributed by atoms with Gasteiger partial charge in [-0.05, 0) is 54.6 Å². The number of halogens is 2. The highest BCUT2D eigenvalue weighted by Crippen LogP contribution is 2.30. The number of hydrogen-bond acceptors (Lipinski definition) is 3. The van der Waals surface area contributed by atoms with Crippen molar-refractivity contribution in [3.8, 4) is 11.1 Å². The molecular weight excluding hydrogens is 442 g/mol. The molecule has 0 aliphatic carbocycles. The predicted octanol–water partition coefficient (Wildman–Crippen LogP) is 5.26. The average molecular weight is 455 g/mol. The number of nitrogens with one attached hydrogen (secondary N) is 2. The third-order valence-electron chi connectivity index (χ3n) is 4.27. The molecule has 4 rings (SSSR count). The molecular formula is C21H13BrClN3O2. The predicted molar refractivity (Wildman–Crippen MR) is 115 cm³/mol. The smallest absolute Gasteiger partial charge is 0.256 e. The summed E-state index contributed by atoms with van der Waals surface area (Å²) in [5.41, 5.74) is 2.43. The maximum absolute atomic E-state index is 12.5. The Kier molecular flexibility index (Phi) is 4.98. The molecule has 0 aliphatic heterocycles. The number of nitrogens with zero attached hydrogens (tertiary/aromatic N) is 1. The van der Waals surface area contributed by atoms with Gasteiger partial charge >= 0.3 is 0 Å². The fourth-order valence-electron chi connectivity index (χ4n) is 2.86. The highest BCUT2D eigenvalue weighted by Gasteiger charge is 2.12. The summed E-state index contributed by atoms with van der Waals surface area (Å²) < 4.78 is 0.892. The number of benzene rings is 2. The summed E-state index contributed by atoms with van der Waals surface area (Å²) >= 11 is 9.68. The third-order valence-corrected chi connectivity index (χ3v) is 5.12. The SMILES string of the molecule is O=C(Nc1ccc(Cl)c(-c2cc3cnccc3[nH]c2=O)c1)c1ccc(Br)cc1. The van der Waals surface area contributed by atoms with E-state index in [9.17, 15) is 9.59 Å². The van der Waals surface area contributed by atoms with Gasteiger partial charge in [0, 0.05) is 49.7 Å². The fraction of sp³-hybridized carbons (Fsp3) is 0. The summed E-state index contributed by atoms with van der Waals surface area (Å²) in [5, 5.41) is 4.04. The Morgan fingerprint density at radius 2 is 1.82 bits per heavy atom. The molecule has 7 heteroatoms. The number of fused-ring (bicyclic) bond motifs is 1. The van der Waals surface area contributed by atoms with E-state index >= 15 is 0 Å². The molecule has 0 saturated heterocycles. The van der Waals surface area contributed by atoms with E-state index in [0.717, 1.165) is 9.86 Å². The van der Waals surface area contributed by atoms with Crippen LogP contribution in [0.1, 0.15) is 10.4 Å². The number of rotatable bonds is 3. The molecule has 2 N–H and O–H groups in total. The van der Waals surface area contributed by atoms with Crippen LogP contribution in [0.5, 0.6) is 0 Å². The molecule has 0 unspecified atom stereocenters. The second kappa shape index (κ2) is 7.58. The van der Waals surface area contributed by atoms with Crippen LogP contribution in [0.25, 0.3) is 22.0 Å². The number of anilines is 1. The molecule has 0 spiro atoms. The van der Waals surface area contributed by atoms with E-state index in [4.69, 9.17) is 11.6 Å². The number of carbonyl (C=O) groups is 1. The summed E-state index contributed by atoms with van der Waals surface area (Å²) in [4.78, 5) is 31.9. The molecule has 0 aliphatic rings. The summed E-state index contributed by atoms with van der Waals surface area (Å²) in [6.45, 7) is 0. The normalized spacial score (nSPS) is 10.8. The van der Waals surface area contributed by atoms with Crippen LogP contribution in [0.3, 0.4) is 0 Å². The molecule has 0 atom stereocenters. The van der Waals surface area contributed by atoms with Gasteiger partial charge < -0.3 is 10.3 Å². The van der Waals surface area contributed by atoms with E-state index in [1.165, 1.54) is 0 Å². The Balaban J connectivity index is 1.71. The molecule has 0 saturated carbocycles. The standard InChI is InChI=1S/C21H13BrClN3O2/c22-14-3-1-12(2-4-14)20(27)25-15-5-6-18(23)16(10-15)17-9-13-11-24-8-7-19(13)26-21(17)28/h1-11H,(H,25,27)(H,26,28). The minimum atomic E-state index is -0.267. The van der Waals surface area contributed by atoms with Crippen molar-refractivity contribution in [1.82, 2.24) is 9.97 Å². The first-order valence-corrected chi connectivity index (χ1v) is 9.52. The lowest BCUT2D eigenvalue weighted by Gasteiger charge is -2.10. The molecule has 2 aromatic heterocycles. The maximum Gasteiger partial charge on any atom is 0.256 e. The van der Waals surface area contributed by atoms with Gasteiger partial charge in [0.1, 0.15) is 0 Å². The minimum Gasteiger partial charge on any atom is -0.322 e. The summed E-state index contributed by atoms with van der Waals surface area (Å²) in [6.07, 6.45) is 3.28. The van der Waals surface area contributed by atoms with Gasteiger partial charge in [-0.15, -0.1) is 0 Å². The molecule has 0 bridgehead atoms. The van der Waals surface area contributed by atoms with Crippen LogP contribution in [0, 0.1) is 0 Å². The Morgan fingerprint density at radius 1 is 1.04 bits per heavy atom. The van der Waals surface area contributed by atoms with Crippen LogP contribution in [0.15, 0.2) is 76.3 Å². The van der Waals surface area contributed by atoms with Crippen LogP contribution in [-0.2, 0) is 0 Å². The average Bonchev–Trinajstić information content (AvgIpc) is 2.69. The van der Waals surface area contributed by atoms with Gasteiger partial charge in [0.05, 0.1) is 5.52 Å². The molecule has 0 fully saturated rings. The minimum absolute atomic E-state index is 0.252. The Bertz CT molecular complexity index is 1250. The van der Waals surface area contributed by atoms with Crippen molar-refractivity contribution in [2.24, 2.45) is 0 Å². The number of carbonyl (C=O) groups excluding carboxylic acids is 1. The summed E-state index contributed by atoms with van der Waals surface area (Å²) in [6, 6.07) is 15.5. The molecule has 2 heterocycles. The summed E-state index contributed by atoms with van der Waals surface area (Å²) in [7, 11) is 0. The van der Waals surface area contributed by atoms with E-state index in [1.54, 1.807) is 67.0 Å². The number of pyridine rings is 2. The summed E-state index contributed by atoms with van der Waals surface area (Å²) in [5.74, 6) is -0.252. The maximum atomic E-state index is 12.5. The molecule has 4 aromatic rings. The number of amides is 1. The lowest BCUT2D eigenvalue weighted by Crippen LogP contribution is -2.12. The topological polar surface area (TPSA) is 74.8 Å². The number of H-pyrrole nitrogens is 1. The Morgan fingerprint density at radius 3 is 2.61 bits per heavy atom. The Hall–Kier alpha value is -2.96. The van der Waals surface area contributed by atoms with Crippen molar-refractivity contribution in [2.75, 3.05) is 5.32 Å². The van der Waals surface area contributed by atoms with Gasteiger partial charge in [-0.1, -0.05) is 27.5 Å². The van der Waals surface area contributed by atoms with E-state index in [2.05, 4.69) is 31.2 Å². The van der Waals surface area contributed by atoms with Crippen LogP contribution >= 0.6 is 27.5 Å². The van der Waals surface area contributed by atoms with Crippen LogP contribution in [0.2, 0.25) is 5.02 Å². The van der Waals surface area contributed by atoms with Gasteiger partial charge in [0.2, 0.25) is 0 Å². The molecule has 2 aromatic carbocycles. The zero-order chi connectivity index (χ0) is 19.7. The monoisotopic (exact) mass is 453 g/mol. The highest BCUT2D eigenvalue weighted by atomic mass is 79.9. The van der Waals surface area contributed by atoms with Gasteiger partial charge in [0.15, 0.2) is 0 Å². The van der Waals surface area contributed by atoms with Gasteiger partial charge in [-0.2, -0.15) is 0 Å². The van der Waals surface area contributed by atoms with Crippen molar-refractivity contribution in [3.63, 3.8) is 0 Å². The van der Waals surface area contributed by atoms with E-state index < -0.39 is 0 Å². The first-order valence-electron chi connectivity index (χ1n) is 8.35. The largest absolute Gasteiger partial charge is 0.322 e. The van der Waals surface area contributed by atoms with Crippen molar-refractivity contribution in [2.45, 2.75) is 0 Å². The number of aromatic nitrogens is 2. The number of aromatic amines is 1. The molecule has 0 radical (unpaired) electrons. The third kappa shape index (κ3) is 3.69. The van der Waals surface area contributed by atoms with Crippen molar-refractivity contribution < 1.29 is 4.79 Å². The van der Waals surface area contributed by atoms with E-state index in [0.29, 0.717) is 32.9 Å². The molecule has 5 nitrogen and oxygen atoms in total. The quantitative estimate of drug-likeness (QED) is 0.443. The van der Waals surface area contributed by atoms with E-state index in [1.807, 2.05) is 0 Å². The first kappa shape index (κ1) is 18.4. The lowest BCUT2D eigenvalue weighted by atomic mass is 10.0. The van der Waals surface area contributed by atoms with Gasteiger partial charge in [-0.25, -0.2) is 0 Å². The van der Waals surface area contributed by atoms with Crippen molar-refractivity contribution >= 4 is 50.0 Å². The van der Waals surface area contributed by atoms with Crippen LogP contribution in [0.4, 0.5) is 5.69 Å². The molecule has 1 amide bonds. The van der Waals surface area contributed by atoms with Crippen molar-refractivity contribution in [1.29, 1.82) is 0 Å². The van der Waals surface area contributed by atoms with Crippen LogP contribution in [-0.4, -0.2) is 15.9 Å². The van der Waals surface area contributed by atoms with Gasteiger partial charge in [-0.3, -0.25) is 14.6 Å². The zero-order valence-corrected chi connectivity index (χ0v) is 16.7. The van der Waals surface area contributed by atoms with Crippen LogP contribution < -0.4 is 10.9 Å².